The molecule has 0 spiro atoms. The molecule has 0 radical (unpaired) electrons. The van der Waals surface area contributed by atoms with E-state index in [1.54, 1.807) is 19.1 Å². The van der Waals surface area contributed by atoms with Crippen LogP contribution in [0, 0.1) is 0 Å². The van der Waals surface area contributed by atoms with Crippen molar-refractivity contribution in [1.29, 1.82) is 0 Å². The Morgan fingerprint density at radius 3 is 2.24 bits per heavy atom. The van der Waals surface area contributed by atoms with Gasteiger partial charge in [0.1, 0.15) is 0 Å². The van der Waals surface area contributed by atoms with E-state index in [2.05, 4.69) is 9.93 Å². The number of rotatable bonds is 6. The zero-order valence-corrected chi connectivity index (χ0v) is 16.6. The van der Waals surface area contributed by atoms with Crippen LogP contribution in [0.1, 0.15) is 12.5 Å². The standard InChI is InChI=1S/C15H12Cl4N2O3S/c1-2-24-15-13(18)5-9(6-14(15)19)8-20-21-25(22,23)10-3-4-11(16)12(17)7-10/h3-8,21H,2H2,1H3/b20-8+. The van der Waals surface area contributed by atoms with Crippen molar-refractivity contribution in [3.63, 3.8) is 0 Å². The summed E-state index contributed by atoms with van der Waals surface area (Å²) in [5, 5.41) is 4.67. The summed E-state index contributed by atoms with van der Waals surface area (Å²) in [6, 6.07) is 7.03. The summed E-state index contributed by atoms with van der Waals surface area (Å²) < 4.78 is 29.6. The van der Waals surface area contributed by atoms with Gasteiger partial charge in [-0.05, 0) is 42.8 Å². The minimum atomic E-state index is -3.89. The fourth-order valence-electron chi connectivity index (χ4n) is 1.80. The van der Waals surface area contributed by atoms with E-state index in [4.69, 9.17) is 51.1 Å². The van der Waals surface area contributed by atoms with Crippen LogP contribution in [-0.4, -0.2) is 21.2 Å². The topological polar surface area (TPSA) is 67.8 Å². The van der Waals surface area contributed by atoms with E-state index in [1.807, 2.05) is 0 Å². The Morgan fingerprint density at radius 2 is 1.68 bits per heavy atom. The molecule has 25 heavy (non-hydrogen) atoms. The molecule has 0 atom stereocenters. The molecule has 0 heterocycles. The number of halogens is 4. The van der Waals surface area contributed by atoms with Gasteiger partial charge in [-0.2, -0.15) is 13.5 Å². The smallest absolute Gasteiger partial charge is 0.276 e. The predicted octanol–water partition coefficient (Wildman–Crippen LogP) is 5.01. The molecule has 0 unspecified atom stereocenters. The van der Waals surface area contributed by atoms with Crippen LogP contribution in [0.5, 0.6) is 5.75 Å². The zero-order chi connectivity index (χ0) is 18.6. The summed E-state index contributed by atoms with van der Waals surface area (Å²) in [5.74, 6) is 0.361. The number of hydrogen-bond donors (Lipinski definition) is 1. The number of ether oxygens (including phenoxy) is 1. The predicted molar refractivity (Wildman–Crippen MR) is 102 cm³/mol. The van der Waals surface area contributed by atoms with Crippen molar-refractivity contribution in [3.05, 3.63) is 56.0 Å². The van der Waals surface area contributed by atoms with Gasteiger partial charge < -0.3 is 4.74 Å². The second-order valence-corrected chi connectivity index (χ2v) is 7.97. The molecule has 2 aromatic rings. The Balaban J connectivity index is 2.18. The highest BCUT2D eigenvalue weighted by Crippen LogP contribution is 2.33. The lowest BCUT2D eigenvalue weighted by Crippen LogP contribution is -2.18. The van der Waals surface area contributed by atoms with Gasteiger partial charge in [-0.1, -0.05) is 46.4 Å². The van der Waals surface area contributed by atoms with E-state index >= 15 is 0 Å². The summed E-state index contributed by atoms with van der Waals surface area (Å²) in [5.41, 5.74) is 0.496. The van der Waals surface area contributed by atoms with Gasteiger partial charge in [0, 0.05) is 0 Å². The number of nitrogens with one attached hydrogen (secondary N) is 1. The molecule has 0 aromatic heterocycles. The van der Waals surface area contributed by atoms with Gasteiger partial charge in [0.15, 0.2) is 5.75 Å². The van der Waals surface area contributed by atoms with Crippen molar-refractivity contribution in [1.82, 2.24) is 4.83 Å². The Morgan fingerprint density at radius 1 is 1.04 bits per heavy atom. The van der Waals surface area contributed by atoms with E-state index in [0.29, 0.717) is 28.0 Å². The van der Waals surface area contributed by atoms with E-state index in [-0.39, 0.29) is 14.9 Å². The van der Waals surface area contributed by atoms with Crippen LogP contribution in [0.3, 0.4) is 0 Å². The lowest BCUT2D eigenvalue weighted by atomic mass is 10.2. The number of benzene rings is 2. The average Bonchev–Trinajstić information content (AvgIpc) is 2.53. The minimum Gasteiger partial charge on any atom is -0.491 e. The summed E-state index contributed by atoms with van der Waals surface area (Å²) in [6.45, 7) is 2.22. The third-order valence-electron chi connectivity index (χ3n) is 2.90. The highest BCUT2D eigenvalue weighted by molar-refractivity contribution is 7.89. The minimum absolute atomic E-state index is 0.0678. The number of hydrazone groups is 1. The van der Waals surface area contributed by atoms with Crippen molar-refractivity contribution in [2.24, 2.45) is 5.10 Å². The van der Waals surface area contributed by atoms with E-state index in [0.717, 1.165) is 0 Å². The maximum atomic E-state index is 12.2. The lowest BCUT2D eigenvalue weighted by molar-refractivity contribution is 0.340. The van der Waals surface area contributed by atoms with E-state index in [1.165, 1.54) is 24.4 Å². The molecule has 0 bridgehead atoms. The first-order valence-corrected chi connectivity index (χ1v) is 9.86. The fraction of sp³-hybridized carbons (Fsp3) is 0.133. The molecular weight excluding hydrogens is 430 g/mol. The van der Waals surface area contributed by atoms with Gasteiger partial charge in [0.2, 0.25) is 0 Å². The molecule has 0 fully saturated rings. The zero-order valence-electron chi connectivity index (χ0n) is 12.8. The van der Waals surface area contributed by atoms with Crippen LogP contribution in [0.15, 0.2) is 40.3 Å². The van der Waals surface area contributed by atoms with Crippen LogP contribution in [0.2, 0.25) is 20.1 Å². The first kappa shape index (κ1) is 20.1. The number of hydrogen-bond acceptors (Lipinski definition) is 4. The molecule has 0 amide bonds. The number of nitrogens with zero attached hydrogens (tertiary/aromatic N) is 1. The highest BCUT2D eigenvalue weighted by atomic mass is 35.5. The second kappa shape index (κ2) is 8.47. The van der Waals surface area contributed by atoms with Crippen LogP contribution < -0.4 is 9.57 Å². The summed E-state index contributed by atoms with van der Waals surface area (Å²) >= 11 is 23.7. The number of sulfonamides is 1. The van der Waals surface area contributed by atoms with Gasteiger partial charge in [-0.15, -0.1) is 0 Å². The molecule has 0 aliphatic heterocycles. The molecule has 0 saturated heterocycles. The van der Waals surface area contributed by atoms with Gasteiger partial charge >= 0.3 is 0 Å². The molecule has 0 aliphatic carbocycles. The molecule has 5 nitrogen and oxygen atoms in total. The van der Waals surface area contributed by atoms with Gasteiger partial charge in [-0.25, -0.2) is 4.83 Å². The molecule has 10 heteroatoms. The quantitative estimate of drug-likeness (QED) is 0.505. The Kier molecular flexibility index (Phi) is 6.82. The summed E-state index contributed by atoms with van der Waals surface area (Å²) in [4.78, 5) is 2.00. The summed E-state index contributed by atoms with van der Waals surface area (Å²) in [7, 11) is -3.89. The van der Waals surface area contributed by atoms with Crippen LogP contribution in [0.4, 0.5) is 0 Å². The molecule has 2 aromatic carbocycles. The van der Waals surface area contributed by atoms with Crippen molar-refractivity contribution >= 4 is 62.6 Å². The third kappa shape index (κ3) is 5.15. The third-order valence-corrected chi connectivity index (χ3v) is 5.42. The molecule has 2 rings (SSSR count). The molecular formula is C15H12Cl4N2O3S. The van der Waals surface area contributed by atoms with Crippen molar-refractivity contribution in [3.8, 4) is 5.75 Å². The van der Waals surface area contributed by atoms with Gasteiger partial charge in [0.25, 0.3) is 10.0 Å². The van der Waals surface area contributed by atoms with E-state index < -0.39 is 10.0 Å². The van der Waals surface area contributed by atoms with Crippen molar-refractivity contribution in [2.45, 2.75) is 11.8 Å². The normalized spacial score (nSPS) is 11.7. The van der Waals surface area contributed by atoms with Gasteiger partial charge in [-0.3, -0.25) is 0 Å². The second-order valence-electron chi connectivity index (χ2n) is 4.68. The molecule has 134 valence electrons. The van der Waals surface area contributed by atoms with Crippen LogP contribution >= 0.6 is 46.4 Å². The summed E-state index contributed by atoms with van der Waals surface area (Å²) in [6.07, 6.45) is 1.27. The SMILES string of the molecule is CCOc1c(Cl)cc(/C=N/NS(=O)(=O)c2ccc(Cl)c(Cl)c2)cc1Cl. The highest BCUT2D eigenvalue weighted by Gasteiger charge is 2.14. The Hall–Kier alpha value is -1.18. The first-order valence-electron chi connectivity index (χ1n) is 6.86. The maximum absolute atomic E-state index is 12.2. The molecule has 1 N–H and O–H groups in total. The van der Waals surface area contributed by atoms with Gasteiger partial charge in [0.05, 0.1) is 37.8 Å². The Bertz CT molecular complexity index is 894. The fourth-order valence-corrected chi connectivity index (χ4v) is 3.60. The maximum Gasteiger partial charge on any atom is 0.276 e. The van der Waals surface area contributed by atoms with Crippen LogP contribution in [0.25, 0.3) is 0 Å². The molecule has 0 aliphatic rings. The monoisotopic (exact) mass is 440 g/mol. The lowest BCUT2D eigenvalue weighted by Gasteiger charge is -2.08. The Labute approximate surface area is 165 Å². The average molecular weight is 442 g/mol. The molecule has 0 saturated carbocycles. The van der Waals surface area contributed by atoms with E-state index in [9.17, 15) is 8.42 Å². The van der Waals surface area contributed by atoms with Crippen LogP contribution in [-0.2, 0) is 10.0 Å². The van der Waals surface area contributed by atoms with Crippen molar-refractivity contribution in [2.75, 3.05) is 6.61 Å². The van der Waals surface area contributed by atoms with Crippen molar-refractivity contribution < 1.29 is 13.2 Å². The largest absolute Gasteiger partial charge is 0.491 e. The first-order chi connectivity index (χ1) is 11.7.